The lowest BCUT2D eigenvalue weighted by atomic mass is 10.2. The van der Waals surface area contributed by atoms with Crippen molar-refractivity contribution in [3.63, 3.8) is 0 Å². The minimum atomic E-state index is -0.400. The van der Waals surface area contributed by atoms with E-state index in [1.165, 1.54) is 23.4 Å². The fourth-order valence-corrected chi connectivity index (χ4v) is 1.99. The third-order valence-electron chi connectivity index (χ3n) is 3.09. The van der Waals surface area contributed by atoms with Gasteiger partial charge in [-0.3, -0.25) is 0 Å². The highest BCUT2D eigenvalue weighted by Crippen LogP contribution is 2.20. The predicted octanol–water partition coefficient (Wildman–Crippen LogP) is 2.72. The van der Waals surface area contributed by atoms with Crippen LogP contribution in [0, 0.1) is 5.82 Å². The molecule has 0 saturated carbocycles. The molecule has 0 spiro atoms. The van der Waals surface area contributed by atoms with Crippen LogP contribution in [0.4, 0.5) is 10.1 Å². The van der Waals surface area contributed by atoms with E-state index in [2.05, 4.69) is 15.4 Å². The Bertz CT molecular complexity index is 743. The Morgan fingerprint density at radius 1 is 1.19 bits per heavy atom. The Kier molecular flexibility index (Phi) is 3.51. The first-order valence-electron chi connectivity index (χ1n) is 6.39. The van der Waals surface area contributed by atoms with Gasteiger partial charge < -0.3 is 10.4 Å². The molecule has 0 atom stereocenters. The third kappa shape index (κ3) is 2.84. The molecule has 106 valence electrons. The largest absolute Gasteiger partial charge is 0.508 e. The Balaban J connectivity index is 1.76. The molecule has 0 saturated heterocycles. The highest BCUT2D eigenvalue weighted by Gasteiger charge is 2.07. The van der Waals surface area contributed by atoms with Crippen molar-refractivity contribution in [2.45, 2.75) is 6.54 Å². The summed E-state index contributed by atoms with van der Waals surface area (Å²) in [6.07, 6.45) is 2.79. The van der Waals surface area contributed by atoms with Crippen LogP contribution in [0.2, 0.25) is 0 Å². The number of nitrogens with zero attached hydrogens (tertiary/aromatic N) is 3. The maximum atomic E-state index is 14.0. The van der Waals surface area contributed by atoms with Gasteiger partial charge in [0.05, 0.1) is 0 Å². The quantitative estimate of drug-likeness (QED) is 0.773. The maximum absolute atomic E-state index is 14.0. The monoisotopic (exact) mass is 284 g/mol. The van der Waals surface area contributed by atoms with E-state index in [-0.39, 0.29) is 5.75 Å². The molecule has 0 aliphatic rings. The Morgan fingerprint density at radius 2 is 2.05 bits per heavy atom. The smallest absolute Gasteiger partial charge is 0.150 e. The molecule has 0 aliphatic carbocycles. The van der Waals surface area contributed by atoms with Gasteiger partial charge in [0.15, 0.2) is 5.82 Å². The molecule has 21 heavy (non-hydrogen) atoms. The molecular formula is C15H13FN4O. The van der Waals surface area contributed by atoms with Gasteiger partial charge in [-0.25, -0.2) is 14.1 Å². The molecule has 2 aromatic carbocycles. The first kappa shape index (κ1) is 13.1. The van der Waals surface area contributed by atoms with Crippen molar-refractivity contribution in [1.29, 1.82) is 0 Å². The maximum Gasteiger partial charge on any atom is 0.150 e. The normalized spacial score (nSPS) is 10.5. The Labute approximate surface area is 120 Å². The molecule has 5 nitrogen and oxygen atoms in total. The van der Waals surface area contributed by atoms with Gasteiger partial charge in [-0.15, -0.1) is 0 Å². The summed E-state index contributed by atoms with van der Waals surface area (Å²) in [6, 6.07) is 11.8. The number of hydrogen-bond donors (Lipinski definition) is 2. The number of halogens is 1. The molecule has 0 amide bonds. The highest BCUT2D eigenvalue weighted by atomic mass is 19.1. The average molecular weight is 284 g/mol. The molecule has 2 N–H and O–H groups in total. The summed E-state index contributed by atoms with van der Waals surface area (Å²) in [7, 11) is 0. The minimum Gasteiger partial charge on any atom is -0.508 e. The number of para-hydroxylation sites is 1. The van der Waals surface area contributed by atoms with E-state index < -0.39 is 5.82 Å². The second-order valence-corrected chi connectivity index (χ2v) is 4.49. The van der Waals surface area contributed by atoms with Crippen LogP contribution in [0.1, 0.15) is 5.56 Å². The fraction of sp³-hybridized carbons (Fsp3) is 0.0667. The van der Waals surface area contributed by atoms with Gasteiger partial charge in [-0.2, -0.15) is 5.10 Å². The van der Waals surface area contributed by atoms with Gasteiger partial charge in [0.2, 0.25) is 0 Å². The first-order valence-corrected chi connectivity index (χ1v) is 6.39. The second kappa shape index (κ2) is 5.62. The van der Waals surface area contributed by atoms with E-state index >= 15 is 0 Å². The lowest BCUT2D eigenvalue weighted by molar-refractivity contribution is 0.469. The molecule has 0 radical (unpaired) electrons. The molecular weight excluding hydrogens is 271 g/mol. The molecule has 3 rings (SSSR count). The number of phenols is 1. The summed E-state index contributed by atoms with van der Waals surface area (Å²) >= 11 is 0. The summed E-state index contributed by atoms with van der Waals surface area (Å²) in [5, 5.41) is 16.6. The van der Waals surface area contributed by atoms with Crippen LogP contribution < -0.4 is 5.32 Å². The van der Waals surface area contributed by atoms with Crippen molar-refractivity contribution in [3.05, 3.63) is 66.5 Å². The molecule has 0 unspecified atom stereocenters. The molecule has 3 aromatic rings. The van der Waals surface area contributed by atoms with Crippen molar-refractivity contribution in [2.75, 3.05) is 5.32 Å². The summed E-state index contributed by atoms with van der Waals surface area (Å²) in [4.78, 5) is 3.79. The first-order chi connectivity index (χ1) is 10.2. The van der Waals surface area contributed by atoms with Gasteiger partial charge in [0.25, 0.3) is 0 Å². The molecule has 0 bridgehead atoms. The lowest BCUT2D eigenvalue weighted by Gasteiger charge is -2.09. The average Bonchev–Trinajstić information content (AvgIpc) is 3.00. The van der Waals surface area contributed by atoms with Crippen LogP contribution in [-0.4, -0.2) is 19.9 Å². The van der Waals surface area contributed by atoms with Gasteiger partial charge in [0, 0.05) is 17.8 Å². The van der Waals surface area contributed by atoms with Crippen molar-refractivity contribution >= 4 is 5.69 Å². The lowest BCUT2D eigenvalue weighted by Crippen LogP contribution is -2.02. The van der Waals surface area contributed by atoms with E-state index in [1.807, 2.05) is 12.1 Å². The van der Waals surface area contributed by atoms with Crippen LogP contribution in [0.3, 0.4) is 0 Å². The number of hydrogen-bond acceptors (Lipinski definition) is 4. The van der Waals surface area contributed by atoms with Crippen LogP contribution in [0.25, 0.3) is 5.69 Å². The predicted molar refractivity (Wildman–Crippen MR) is 76.8 cm³/mol. The van der Waals surface area contributed by atoms with Gasteiger partial charge in [-0.1, -0.05) is 18.2 Å². The van der Waals surface area contributed by atoms with Gasteiger partial charge in [-0.05, 0) is 24.3 Å². The standard InChI is InChI=1S/C15H13FN4O/c16-13-7-12(5-6-14(13)20-10-17-9-19-20)18-8-11-3-1-2-4-15(11)21/h1-7,9-10,18,21H,8H2. The zero-order valence-electron chi connectivity index (χ0n) is 11.1. The molecule has 1 aromatic heterocycles. The van der Waals surface area contributed by atoms with E-state index in [0.29, 0.717) is 17.9 Å². The summed E-state index contributed by atoms with van der Waals surface area (Å²) in [6.45, 7) is 0.411. The number of aromatic nitrogens is 3. The number of benzene rings is 2. The van der Waals surface area contributed by atoms with Crippen molar-refractivity contribution < 1.29 is 9.50 Å². The van der Waals surface area contributed by atoms with E-state index in [9.17, 15) is 9.50 Å². The fourth-order valence-electron chi connectivity index (χ4n) is 1.99. The minimum absolute atomic E-state index is 0.213. The number of rotatable bonds is 4. The van der Waals surface area contributed by atoms with Crippen LogP contribution in [0.5, 0.6) is 5.75 Å². The van der Waals surface area contributed by atoms with Crippen molar-refractivity contribution in [2.24, 2.45) is 0 Å². The summed E-state index contributed by atoms with van der Waals surface area (Å²) < 4.78 is 15.4. The van der Waals surface area contributed by atoms with E-state index in [0.717, 1.165) is 5.56 Å². The molecule has 0 aliphatic heterocycles. The zero-order valence-corrected chi connectivity index (χ0v) is 11.1. The Hall–Kier alpha value is -2.89. The number of nitrogens with one attached hydrogen (secondary N) is 1. The topological polar surface area (TPSA) is 63.0 Å². The number of aromatic hydroxyl groups is 1. The van der Waals surface area contributed by atoms with Gasteiger partial charge in [0.1, 0.15) is 24.1 Å². The van der Waals surface area contributed by atoms with Crippen LogP contribution >= 0.6 is 0 Å². The van der Waals surface area contributed by atoms with Crippen LogP contribution in [-0.2, 0) is 6.54 Å². The SMILES string of the molecule is Oc1ccccc1CNc1ccc(-n2cncn2)c(F)c1. The number of anilines is 1. The van der Waals surface area contributed by atoms with Crippen molar-refractivity contribution in [3.8, 4) is 11.4 Å². The zero-order chi connectivity index (χ0) is 14.7. The van der Waals surface area contributed by atoms with E-state index in [4.69, 9.17) is 0 Å². The second-order valence-electron chi connectivity index (χ2n) is 4.49. The molecule has 1 heterocycles. The molecule has 0 fully saturated rings. The molecule has 6 heteroatoms. The highest BCUT2D eigenvalue weighted by molar-refractivity contribution is 5.50. The summed E-state index contributed by atoms with van der Waals surface area (Å²) in [5.74, 6) is -0.188. The van der Waals surface area contributed by atoms with Crippen LogP contribution in [0.15, 0.2) is 55.1 Å². The number of phenolic OH excluding ortho intramolecular Hbond substituents is 1. The van der Waals surface area contributed by atoms with E-state index in [1.54, 1.807) is 24.3 Å². The third-order valence-corrected chi connectivity index (χ3v) is 3.09. The Morgan fingerprint density at radius 3 is 2.76 bits per heavy atom. The van der Waals surface area contributed by atoms with Gasteiger partial charge >= 0.3 is 0 Å². The van der Waals surface area contributed by atoms with Crippen molar-refractivity contribution in [1.82, 2.24) is 14.8 Å². The summed E-state index contributed by atoms with van der Waals surface area (Å²) in [5.41, 5.74) is 1.71.